The molecule has 0 spiro atoms. The highest BCUT2D eigenvalue weighted by Crippen LogP contribution is 2.42. The van der Waals surface area contributed by atoms with Crippen molar-refractivity contribution in [3.05, 3.63) is 0 Å². The van der Waals surface area contributed by atoms with Gasteiger partial charge < -0.3 is 0 Å². The van der Waals surface area contributed by atoms with Crippen LogP contribution >= 0.6 is 21.0 Å². The van der Waals surface area contributed by atoms with Gasteiger partial charge in [0.1, 0.15) is 0 Å². The Bertz CT molecular complexity index is 91.9. The summed E-state index contributed by atoms with van der Waals surface area (Å²) >= 11 is 0. The predicted octanol–water partition coefficient (Wildman–Crippen LogP) is 3.30. The van der Waals surface area contributed by atoms with Crippen LogP contribution in [0.5, 0.6) is 0 Å². The molecule has 0 aromatic carbocycles. The topological polar surface area (TPSA) is 0 Å². The molecule has 1 rings (SSSR count). The van der Waals surface area contributed by atoms with Gasteiger partial charge in [-0.3, -0.25) is 0 Å². The molecule has 0 bridgehead atoms. The summed E-state index contributed by atoms with van der Waals surface area (Å²) in [6, 6.07) is 0. The summed E-state index contributed by atoms with van der Waals surface area (Å²) in [4.78, 5) is 0. The van der Waals surface area contributed by atoms with E-state index in [2.05, 4.69) is 20.8 Å². The molecule has 2 heteroatoms. The lowest BCUT2D eigenvalue weighted by Gasteiger charge is -2.17. The van der Waals surface area contributed by atoms with Gasteiger partial charge in [-0.2, -0.15) is 0 Å². The quantitative estimate of drug-likeness (QED) is 0.572. The van der Waals surface area contributed by atoms with Crippen LogP contribution in [0.1, 0.15) is 33.6 Å². The van der Waals surface area contributed by atoms with Crippen molar-refractivity contribution in [1.82, 2.24) is 0 Å². The second-order valence-electron chi connectivity index (χ2n) is 4.22. The minimum absolute atomic E-state index is 0. The van der Waals surface area contributed by atoms with Gasteiger partial charge in [0.25, 0.3) is 0 Å². The zero-order valence-electron chi connectivity index (χ0n) is 7.11. The van der Waals surface area contributed by atoms with Crippen LogP contribution in [0.4, 0.5) is 0 Å². The van der Waals surface area contributed by atoms with Gasteiger partial charge in [-0.1, -0.05) is 20.8 Å². The normalized spacial score (nSPS) is 19.5. The predicted molar refractivity (Wildman–Crippen MR) is 52.9 cm³/mol. The van der Waals surface area contributed by atoms with Crippen LogP contribution in [0, 0.1) is 5.41 Å². The molecule has 0 aromatic heterocycles. The van der Waals surface area contributed by atoms with E-state index < -0.39 is 0 Å². The second-order valence-corrected chi connectivity index (χ2v) is 5.79. The Kier molecular flexibility index (Phi) is 4.21. The minimum atomic E-state index is 0. The maximum absolute atomic E-state index is 2.34. The number of rotatable bonds is 2. The highest BCUT2D eigenvalue weighted by atomic mass is 35.5. The molecule has 0 radical (unpaired) electrons. The third-order valence-corrected chi connectivity index (χ3v) is 3.92. The highest BCUT2D eigenvalue weighted by Gasteiger charge is 2.23. The molecular formula is C8H18ClP. The van der Waals surface area contributed by atoms with Gasteiger partial charge in [0.05, 0.1) is 0 Å². The van der Waals surface area contributed by atoms with Crippen LogP contribution in [-0.4, -0.2) is 11.8 Å². The van der Waals surface area contributed by atoms with Crippen LogP contribution in [-0.2, 0) is 0 Å². The minimum Gasteiger partial charge on any atom is -0.147 e. The first kappa shape index (κ1) is 10.7. The monoisotopic (exact) mass is 180 g/mol. The average molecular weight is 181 g/mol. The molecule has 0 aromatic rings. The van der Waals surface area contributed by atoms with Gasteiger partial charge >= 0.3 is 0 Å². The van der Waals surface area contributed by atoms with Crippen molar-refractivity contribution in [1.29, 1.82) is 0 Å². The van der Waals surface area contributed by atoms with Crippen molar-refractivity contribution >= 4 is 21.0 Å². The molecule has 1 fully saturated rings. The zero-order chi connectivity index (χ0) is 6.91. The summed E-state index contributed by atoms with van der Waals surface area (Å²) in [6.07, 6.45) is 4.49. The van der Waals surface area contributed by atoms with E-state index in [-0.39, 0.29) is 12.4 Å². The third-order valence-electron chi connectivity index (χ3n) is 1.50. The lowest BCUT2D eigenvalue weighted by atomic mass is 10.0. The molecule has 0 aliphatic heterocycles. The van der Waals surface area contributed by atoms with Crippen molar-refractivity contribution in [3.8, 4) is 0 Å². The summed E-state index contributed by atoms with van der Waals surface area (Å²) in [5.41, 5.74) is 1.73. The standard InChI is InChI=1S/C8H17P.ClH/c1-8(2,3)6-9-7-4-5-7;/h7,9H,4-6H2,1-3H3;1H. The van der Waals surface area contributed by atoms with Gasteiger partial charge in [-0.05, 0) is 30.1 Å². The van der Waals surface area contributed by atoms with E-state index >= 15 is 0 Å². The molecule has 1 saturated carbocycles. The first-order valence-electron chi connectivity index (χ1n) is 3.81. The fourth-order valence-corrected chi connectivity index (χ4v) is 2.21. The van der Waals surface area contributed by atoms with E-state index in [9.17, 15) is 0 Å². The molecule has 1 aliphatic carbocycles. The Labute approximate surface area is 72.4 Å². The number of hydrogen-bond donors (Lipinski definition) is 0. The first-order chi connectivity index (χ1) is 4.08. The second kappa shape index (κ2) is 3.93. The molecule has 0 saturated heterocycles. The van der Waals surface area contributed by atoms with E-state index in [1.165, 1.54) is 27.6 Å². The van der Waals surface area contributed by atoms with Crippen LogP contribution in [0.3, 0.4) is 0 Å². The highest BCUT2D eigenvalue weighted by molar-refractivity contribution is 7.39. The van der Waals surface area contributed by atoms with Crippen LogP contribution in [0.15, 0.2) is 0 Å². The van der Waals surface area contributed by atoms with Crippen molar-refractivity contribution in [3.63, 3.8) is 0 Å². The molecule has 10 heavy (non-hydrogen) atoms. The summed E-state index contributed by atoms with van der Waals surface area (Å²) < 4.78 is 0. The summed E-state index contributed by atoms with van der Waals surface area (Å²) in [5.74, 6) is 0. The Hall–Kier alpha value is 0.720. The van der Waals surface area contributed by atoms with E-state index in [1.54, 1.807) is 0 Å². The van der Waals surface area contributed by atoms with Gasteiger partial charge in [0.15, 0.2) is 0 Å². The maximum atomic E-state index is 2.34. The number of hydrogen-bond acceptors (Lipinski definition) is 0. The number of halogens is 1. The molecule has 1 unspecified atom stereocenters. The Balaban J connectivity index is 0.000000810. The van der Waals surface area contributed by atoms with E-state index in [0.717, 1.165) is 5.66 Å². The molecule has 0 N–H and O–H groups in total. The van der Waals surface area contributed by atoms with Crippen molar-refractivity contribution in [2.24, 2.45) is 5.41 Å². The smallest absolute Gasteiger partial charge is 0.0236 e. The SMILES string of the molecule is CC(C)(C)CPC1CC1.Cl. The molecule has 0 nitrogen and oxygen atoms in total. The molecule has 0 heterocycles. The fraction of sp³-hybridized carbons (Fsp3) is 1.00. The van der Waals surface area contributed by atoms with Crippen molar-refractivity contribution < 1.29 is 0 Å². The lowest BCUT2D eigenvalue weighted by Crippen LogP contribution is -2.07. The van der Waals surface area contributed by atoms with Gasteiger partial charge in [0, 0.05) is 0 Å². The average Bonchev–Trinajstić information content (AvgIpc) is 2.38. The van der Waals surface area contributed by atoms with Gasteiger partial charge in [-0.25, -0.2) is 0 Å². The maximum Gasteiger partial charge on any atom is -0.0236 e. The Morgan fingerprint density at radius 2 is 1.80 bits per heavy atom. The summed E-state index contributed by atoms with van der Waals surface area (Å²) in [6.45, 7) is 7.01. The molecule has 0 amide bonds. The Morgan fingerprint density at radius 3 is 2.10 bits per heavy atom. The van der Waals surface area contributed by atoms with Crippen LogP contribution in [0.25, 0.3) is 0 Å². The van der Waals surface area contributed by atoms with Gasteiger partial charge in [0.2, 0.25) is 0 Å². The zero-order valence-corrected chi connectivity index (χ0v) is 8.92. The lowest BCUT2D eigenvalue weighted by molar-refractivity contribution is 0.478. The van der Waals surface area contributed by atoms with Gasteiger partial charge in [-0.15, -0.1) is 21.0 Å². The molecular weight excluding hydrogens is 163 g/mol. The molecule has 62 valence electrons. The van der Waals surface area contributed by atoms with Crippen molar-refractivity contribution in [2.75, 3.05) is 6.16 Å². The fourth-order valence-electron chi connectivity index (χ4n) is 0.738. The van der Waals surface area contributed by atoms with E-state index in [4.69, 9.17) is 0 Å². The third kappa shape index (κ3) is 5.50. The summed E-state index contributed by atoms with van der Waals surface area (Å²) in [7, 11) is 1.25. The van der Waals surface area contributed by atoms with E-state index in [0.29, 0.717) is 5.41 Å². The van der Waals surface area contributed by atoms with Crippen LogP contribution < -0.4 is 0 Å². The van der Waals surface area contributed by atoms with Crippen molar-refractivity contribution in [2.45, 2.75) is 39.3 Å². The first-order valence-corrected chi connectivity index (χ1v) is 5.10. The summed E-state index contributed by atoms with van der Waals surface area (Å²) in [5, 5.41) is 0. The largest absolute Gasteiger partial charge is 0.147 e. The van der Waals surface area contributed by atoms with E-state index in [1.807, 2.05) is 0 Å². The Morgan fingerprint density at radius 1 is 1.30 bits per heavy atom. The molecule has 1 atom stereocenters. The molecule has 1 aliphatic rings. The van der Waals surface area contributed by atoms with Crippen LogP contribution in [0.2, 0.25) is 0 Å².